The van der Waals surface area contributed by atoms with Gasteiger partial charge in [0.1, 0.15) is 66.5 Å². The van der Waals surface area contributed by atoms with Gasteiger partial charge in [-0.3, -0.25) is 57.6 Å². The van der Waals surface area contributed by atoms with E-state index in [4.69, 9.17) is 9.47 Å². The Morgan fingerprint density at radius 2 is 1.01 bits per heavy atom. The van der Waals surface area contributed by atoms with Gasteiger partial charge in [-0.25, -0.2) is 4.79 Å². The molecule has 0 saturated carbocycles. The van der Waals surface area contributed by atoms with Crippen LogP contribution in [0, 0.1) is 35.5 Å². The number of nitrogens with one attached hydrogen (secondary N) is 4. The van der Waals surface area contributed by atoms with Gasteiger partial charge < -0.3 is 69.9 Å². The van der Waals surface area contributed by atoms with Gasteiger partial charge in [0.2, 0.25) is 65.0 Å². The van der Waals surface area contributed by atoms with Crippen molar-refractivity contribution in [3.05, 3.63) is 12.2 Å². The number of hydrogen-bond acceptors (Lipinski definition) is 15. The van der Waals surface area contributed by atoms with Crippen molar-refractivity contribution in [3.8, 4) is 0 Å². The van der Waals surface area contributed by atoms with Crippen molar-refractivity contribution < 1.29 is 67.0 Å². The van der Waals surface area contributed by atoms with E-state index in [2.05, 4.69) is 26.2 Å². The fourth-order valence-electron chi connectivity index (χ4n) is 12.9. The van der Waals surface area contributed by atoms with Gasteiger partial charge in [-0.2, -0.15) is 0 Å². The summed E-state index contributed by atoms with van der Waals surface area (Å²) in [6.45, 7) is 31.6. The number of carbonyl (C=O) groups excluding carboxylic acids is 12. The van der Waals surface area contributed by atoms with Crippen LogP contribution in [0.4, 0.5) is 4.79 Å². The summed E-state index contributed by atoms with van der Waals surface area (Å²) in [6.07, 6.45) is 2.16. The Morgan fingerprint density at radius 1 is 0.516 bits per heavy atom. The van der Waals surface area contributed by atoms with Crippen LogP contribution in [0.3, 0.4) is 0 Å². The number of carbonyl (C=O) groups is 12. The van der Waals surface area contributed by atoms with Crippen molar-refractivity contribution in [2.45, 2.75) is 228 Å². The Morgan fingerprint density at radius 3 is 1.52 bits per heavy atom. The first-order valence-electron chi connectivity index (χ1n) is 34.2. The summed E-state index contributed by atoms with van der Waals surface area (Å²) in [4.78, 5) is 189. The van der Waals surface area contributed by atoms with Crippen LogP contribution in [0.1, 0.15) is 150 Å². The Bertz CT molecular complexity index is 2700. The first-order chi connectivity index (χ1) is 44.2. The van der Waals surface area contributed by atoms with Crippen molar-refractivity contribution >= 4 is 71.1 Å². The van der Waals surface area contributed by atoms with E-state index >= 15 is 28.8 Å². The number of piperazine rings is 1. The summed E-state index contributed by atoms with van der Waals surface area (Å²) < 4.78 is 12.0. The largest absolute Gasteiger partial charge is 0.450 e. The van der Waals surface area contributed by atoms with E-state index in [-0.39, 0.29) is 56.6 Å². The molecule has 3 fully saturated rings. The van der Waals surface area contributed by atoms with E-state index in [1.807, 2.05) is 67.5 Å². The van der Waals surface area contributed by atoms with Gasteiger partial charge >= 0.3 is 6.09 Å². The van der Waals surface area contributed by atoms with Gasteiger partial charge in [0, 0.05) is 82.1 Å². The third-order valence-electron chi connectivity index (χ3n) is 18.9. The molecule has 3 aliphatic heterocycles. The molecule has 15 atom stereocenters. The van der Waals surface area contributed by atoms with Gasteiger partial charge in [0.15, 0.2) is 0 Å². The molecular weight excluding hydrogens is 1220 g/mol. The zero-order valence-electron chi connectivity index (χ0n) is 61.6. The van der Waals surface area contributed by atoms with E-state index in [1.54, 1.807) is 46.4 Å². The zero-order valence-corrected chi connectivity index (χ0v) is 61.6. The Balaban J connectivity index is 2.34. The van der Waals surface area contributed by atoms with Crippen LogP contribution in [0.5, 0.6) is 0 Å². The molecule has 0 aromatic heterocycles. The molecule has 3 heterocycles. The number of hydrogen-bond donors (Lipinski definition) is 4. The summed E-state index contributed by atoms with van der Waals surface area (Å²) in [5.41, 5.74) is 0. The maximum Gasteiger partial charge on any atom is 0.409 e. The van der Waals surface area contributed by atoms with Crippen LogP contribution in [-0.4, -0.2) is 283 Å². The molecule has 3 rings (SSSR count). The maximum absolute atomic E-state index is 15.3. The predicted octanol–water partition coefficient (Wildman–Crippen LogP) is 2.79. The lowest BCUT2D eigenvalue weighted by molar-refractivity contribution is -0.155. The van der Waals surface area contributed by atoms with Crippen LogP contribution >= 0.6 is 0 Å². The monoisotopic (exact) mass is 1340 g/mol. The Kier molecular flexibility index (Phi) is 32.1. The van der Waals surface area contributed by atoms with E-state index in [0.29, 0.717) is 32.6 Å². The predicted molar refractivity (Wildman–Crippen MR) is 361 cm³/mol. The fraction of sp³-hybridized carbons (Fsp3) is 0.794. The van der Waals surface area contributed by atoms with Crippen molar-refractivity contribution in [2.24, 2.45) is 35.5 Å². The number of amides is 12. The third-order valence-corrected chi connectivity index (χ3v) is 18.9. The molecule has 12 amide bonds. The standard InChI is InChI=1S/C68H119N13O14/c1-25-28-29-42(12)56-55-60(85)71-48(26-2)63(88)73(18)46(16)62(87)77(22)53(43(13)37-80-30-32-81(33-31-80)68(93)94-27-3)59(84)72-52(41(10)11)66(91)74(19)49(34-38(4)5)58(83)69-44(14)57(82)70-45(15)61(86)75(20)50(35-39(6)7)64(89)76(21)51(36-40(8)9)65(90)78(23)54(47(17)95-56)67(92)79(55)24/h25,28,38-56H,26-27,29-37H2,1-24H3,(H,69,83)(H,70,82)(H,71,85)(H,72,84). The van der Waals surface area contributed by atoms with Gasteiger partial charge in [-0.05, 0) is 109 Å². The number of fused-ring (bicyclic) bond motifs is 3. The molecule has 540 valence electrons. The molecule has 0 aromatic carbocycles. The highest BCUT2D eigenvalue weighted by molar-refractivity contribution is 6.00. The molecule has 2 bridgehead atoms. The quantitative estimate of drug-likeness (QED) is 0.172. The summed E-state index contributed by atoms with van der Waals surface area (Å²) in [5.74, 6) is -9.46. The molecule has 0 aromatic rings. The molecule has 0 aliphatic carbocycles. The number of likely N-dealkylation sites (N-methyl/N-ethyl adjacent to an activating group) is 7. The lowest BCUT2D eigenvalue weighted by Crippen LogP contribution is -2.63. The van der Waals surface area contributed by atoms with Crippen LogP contribution < -0.4 is 21.3 Å². The third kappa shape index (κ3) is 21.3. The minimum Gasteiger partial charge on any atom is -0.450 e. The van der Waals surface area contributed by atoms with E-state index in [1.165, 1.54) is 104 Å². The van der Waals surface area contributed by atoms with Gasteiger partial charge in [-0.15, -0.1) is 0 Å². The minimum atomic E-state index is -1.36. The van der Waals surface area contributed by atoms with Gasteiger partial charge in [0.05, 0.1) is 18.8 Å². The van der Waals surface area contributed by atoms with Crippen LogP contribution in [0.2, 0.25) is 0 Å². The first-order valence-corrected chi connectivity index (χ1v) is 34.2. The molecule has 3 aliphatic rings. The number of allylic oxidation sites excluding steroid dienone is 2. The molecule has 4 N–H and O–H groups in total. The zero-order chi connectivity index (χ0) is 72.5. The van der Waals surface area contributed by atoms with E-state index in [9.17, 15) is 28.8 Å². The molecule has 3 saturated heterocycles. The van der Waals surface area contributed by atoms with Crippen molar-refractivity contribution in [3.63, 3.8) is 0 Å². The second-order valence-corrected chi connectivity index (χ2v) is 28.3. The highest BCUT2D eigenvalue weighted by atomic mass is 16.6. The van der Waals surface area contributed by atoms with Crippen molar-refractivity contribution in [1.82, 2.24) is 65.4 Å². The molecule has 0 radical (unpaired) electrons. The lowest BCUT2D eigenvalue weighted by Gasteiger charge is -2.40. The van der Waals surface area contributed by atoms with Gasteiger partial charge in [0.25, 0.3) is 0 Å². The molecule has 27 nitrogen and oxygen atoms in total. The number of rotatable bonds is 15. The SMILES string of the molecule is CC=CCC(C)C1OC(C)C2C(=O)N(C)C1C(=O)NC(CC)C(=O)N(C)C(C)C(=O)N(C)C(C(C)CN1CCN(C(=O)OCC)CC1)C(=O)NC(C(C)C)C(=O)N(C)C(CC(C)C)C(=O)NC(C)C(=O)NC(C)C(=O)N(C)C(CC(C)C)C(=O)N(C)C(CC(C)C)C(=O)N2C. The Labute approximate surface area is 566 Å². The molecule has 15 unspecified atom stereocenters. The molecule has 0 spiro atoms. The maximum atomic E-state index is 15.3. The summed E-state index contributed by atoms with van der Waals surface area (Å²) in [6, 6.07) is -13.7. The minimum absolute atomic E-state index is 0.0364. The summed E-state index contributed by atoms with van der Waals surface area (Å²) in [5, 5.41) is 11.2. The fourth-order valence-corrected chi connectivity index (χ4v) is 12.9. The number of nitrogens with zero attached hydrogens (tertiary/aromatic N) is 9. The second kappa shape index (κ2) is 37.0. The van der Waals surface area contributed by atoms with Crippen LogP contribution in [-0.2, 0) is 62.2 Å². The lowest BCUT2D eigenvalue weighted by atomic mass is 9.92. The average Bonchev–Trinajstić information content (AvgIpc) is 1.72. The molecule has 95 heavy (non-hydrogen) atoms. The van der Waals surface area contributed by atoms with E-state index in [0.717, 1.165) is 0 Å². The average molecular weight is 1340 g/mol. The topological polar surface area (TPSA) is 301 Å². The second-order valence-electron chi connectivity index (χ2n) is 28.3. The van der Waals surface area contributed by atoms with Crippen LogP contribution in [0.15, 0.2) is 12.2 Å². The number of ether oxygens (including phenoxy) is 2. The van der Waals surface area contributed by atoms with E-state index < -0.39 is 167 Å². The van der Waals surface area contributed by atoms with Gasteiger partial charge in [-0.1, -0.05) is 88.3 Å². The molecular formula is C68H119N13O14. The molecule has 27 heteroatoms. The smallest absolute Gasteiger partial charge is 0.409 e. The normalized spacial score (nSPS) is 29.3. The highest BCUT2D eigenvalue weighted by Gasteiger charge is 2.51. The first kappa shape index (κ1) is 82.3. The summed E-state index contributed by atoms with van der Waals surface area (Å²) >= 11 is 0. The highest BCUT2D eigenvalue weighted by Crippen LogP contribution is 2.30. The van der Waals surface area contributed by atoms with Crippen molar-refractivity contribution in [1.29, 1.82) is 0 Å². The summed E-state index contributed by atoms with van der Waals surface area (Å²) in [7, 11) is 10.1. The van der Waals surface area contributed by atoms with Crippen LogP contribution in [0.25, 0.3) is 0 Å². The van der Waals surface area contributed by atoms with Crippen molar-refractivity contribution in [2.75, 3.05) is 88.7 Å². The Hall–Kier alpha value is -6.90.